The highest BCUT2D eigenvalue weighted by Gasteiger charge is 2.29. The zero-order valence-corrected chi connectivity index (χ0v) is 15.2. The van der Waals surface area contributed by atoms with E-state index in [1.165, 1.54) is 24.5 Å². The van der Waals surface area contributed by atoms with Gasteiger partial charge in [-0.15, -0.1) is 11.3 Å². The number of hydrogen-bond acceptors (Lipinski definition) is 4. The Morgan fingerprint density at radius 3 is 2.77 bits per heavy atom. The largest absolute Gasteiger partial charge is 0.465 e. The molecule has 2 heterocycles. The Bertz CT molecular complexity index is 1060. The number of nitrogens with zero attached hydrogens (tertiary/aromatic N) is 1. The molecule has 0 atom stereocenters. The van der Waals surface area contributed by atoms with Crippen LogP contribution in [0.2, 0.25) is 0 Å². The molecule has 26 heavy (non-hydrogen) atoms. The Kier molecular flexibility index (Phi) is 4.00. The number of fused-ring (bicyclic) bond motifs is 2. The van der Waals surface area contributed by atoms with Gasteiger partial charge in [0.15, 0.2) is 0 Å². The van der Waals surface area contributed by atoms with E-state index in [4.69, 9.17) is 4.74 Å². The molecular formula is C20H16FNO3S. The minimum atomic E-state index is -0.395. The Morgan fingerprint density at radius 2 is 2.04 bits per heavy atom. The quantitative estimate of drug-likeness (QED) is 0.632. The lowest BCUT2D eigenvalue weighted by atomic mass is 10.1. The monoisotopic (exact) mass is 369 g/mol. The fourth-order valence-corrected chi connectivity index (χ4v) is 4.61. The summed E-state index contributed by atoms with van der Waals surface area (Å²) in [5.74, 6) is -0.832. The van der Waals surface area contributed by atoms with Crippen LogP contribution in [0.15, 0.2) is 36.4 Å². The molecule has 0 saturated heterocycles. The first-order valence-corrected chi connectivity index (χ1v) is 9.03. The molecule has 0 bridgehead atoms. The molecule has 4 rings (SSSR count). The number of amides is 1. The first-order chi connectivity index (χ1) is 12.5. The van der Waals surface area contributed by atoms with Gasteiger partial charge < -0.3 is 9.64 Å². The molecule has 4 nitrogen and oxygen atoms in total. The minimum absolute atomic E-state index is 0.132. The lowest BCUT2D eigenvalue weighted by Crippen LogP contribution is -2.28. The van der Waals surface area contributed by atoms with Gasteiger partial charge >= 0.3 is 5.97 Å². The van der Waals surface area contributed by atoms with Crippen molar-refractivity contribution >= 4 is 39.0 Å². The van der Waals surface area contributed by atoms with Crippen molar-refractivity contribution in [2.45, 2.75) is 13.3 Å². The molecular weight excluding hydrogens is 353 g/mol. The number of carbonyl (C=O) groups is 2. The van der Waals surface area contributed by atoms with Crippen LogP contribution in [0.25, 0.3) is 10.1 Å². The molecule has 0 saturated carbocycles. The highest BCUT2D eigenvalue weighted by molar-refractivity contribution is 7.21. The van der Waals surface area contributed by atoms with E-state index in [0.717, 1.165) is 16.0 Å². The molecule has 6 heteroatoms. The summed E-state index contributed by atoms with van der Waals surface area (Å²) in [7, 11) is 1.34. The summed E-state index contributed by atoms with van der Waals surface area (Å²) >= 11 is 1.31. The Balaban J connectivity index is 1.73. The van der Waals surface area contributed by atoms with Crippen molar-refractivity contribution in [2.75, 3.05) is 18.6 Å². The van der Waals surface area contributed by atoms with Crippen LogP contribution in [-0.2, 0) is 11.2 Å². The van der Waals surface area contributed by atoms with Gasteiger partial charge in [-0.1, -0.05) is 6.07 Å². The number of esters is 1. The maximum Gasteiger partial charge on any atom is 0.337 e. The van der Waals surface area contributed by atoms with Crippen LogP contribution in [0.1, 0.15) is 31.2 Å². The van der Waals surface area contributed by atoms with Crippen LogP contribution in [0.4, 0.5) is 10.1 Å². The molecule has 2 aromatic carbocycles. The van der Waals surface area contributed by atoms with E-state index in [9.17, 15) is 14.0 Å². The maximum atomic E-state index is 14.1. The maximum absolute atomic E-state index is 14.1. The van der Waals surface area contributed by atoms with Crippen LogP contribution in [0.5, 0.6) is 0 Å². The zero-order chi connectivity index (χ0) is 18.4. The summed E-state index contributed by atoms with van der Waals surface area (Å²) in [4.78, 5) is 27.0. The molecule has 0 unspecified atom stereocenters. The van der Waals surface area contributed by atoms with Crippen LogP contribution in [-0.4, -0.2) is 25.5 Å². The summed E-state index contributed by atoms with van der Waals surface area (Å²) in [5.41, 5.74) is 2.87. The number of thiophene rings is 1. The number of anilines is 1. The second kappa shape index (κ2) is 6.21. The Labute approximate surface area is 153 Å². The van der Waals surface area contributed by atoms with Crippen molar-refractivity contribution in [3.63, 3.8) is 0 Å². The number of benzene rings is 2. The van der Waals surface area contributed by atoms with E-state index < -0.39 is 5.97 Å². The molecule has 1 aromatic heterocycles. The van der Waals surface area contributed by atoms with Crippen LogP contribution < -0.4 is 4.90 Å². The van der Waals surface area contributed by atoms with E-state index in [1.54, 1.807) is 36.1 Å². The predicted molar refractivity (Wildman–Crippen MR) is 99.7 cm³/mol. The molecule has 0 fully saturated rings. The van der Waals surface area contributed by atoms with E-state index in [1.807, 2.05) is 6.07 Å². The third kappa shape index (κ3) is 2.49. The fraction of sp³-hybridized carbons (Fsp3) is 0.200. The molecule has 0 radical (unpaired) electrons. The van der Waals surface area contributed by atoms with Crippen molar-refractivity contribution in [3.05, 3.63) is 63.8 Å². The lowest BCUT2D eigenvalue weighted by molar-refractivity contribution is 0.0600. The van der Waals surface area contributed by atoms with Gasteiger partial charge in [-0.2, -0.15) is 0 Å². The highest BCUT2D eigenvalue weighted by atomic mass is 32.1. The van der Waals surface area contributed by atoms with Crippen LogP contribution in [0, 0.1) is 12.7 Å². The second-order valence-electron chi connectivity index (χ2n) is 6.21. The number of rotatable bonds is 2. The van der Waals surface area contributed by atoms with Gasteiger partial charge in [0, 0.05) is 22.3 Å². The average Bonchev–Trinajstić information content (AvgIpc) is 3.22. The van der Waals surface area contributed by atoms with Gasteiger partial charge in [-0.3, -0.25) is 4.79 Å². The van der Waals surface area contributed by atoms with Gasteiger partial charge in [-0.25, -0.2) is 9.18 Å². The average molecular weight is 369 g/mol. The minimum Gasteiger partial charge on any atom is -0.465 e. The van der Waals surface area contributed by atoms with Crippen molar-refractivity contribution < 1.29 is 18.7 Å². The molecule has 132 valence electrons. The van der Waals surface area contributed by atoms with Crippen LogP contribution >= 0.6 is 11.3 Å². The SMILES string of the molecule is COC(=O)c1ccc2c(c1)CCN2C(=O)c1sc2cccc(F)c2c1C. The summed E-state index contributed by atoms with van der Waals surface area (Å²) < 4.78 is 19.6. The normalized spacial score (nSPS) is 13.1. The Morgan fingerprint density at radius 1 is 1.23 bits per heavy atom. The van der Waals surface area contributed by atoms with Crippen LogP contribution in [0.3, 0.4) is 0 Å². The number of methoxy groups -OCH3 is 1. The van der Waals surface area contributed by atoms with Crippen molar-refractivity contribution in [1.29, 1.82) is 0 Å². The summed E-state index contributed by atoms with van der Waals surface area (Å²) in [6.07, 6.45) is 0.671. The number of hydrogen-bond donors (Lipinski definition) is 0. The number of aryl methyl sites for hydroxylation is 1. The lowest BCUT2D eigenvalue weighted by Gasteiger charge is -2.17. The first-order valence-electron chi connectivity index (χ1n) is 8.22. The van der Waals surface area contributed by atoms with Crippen molar-refractivity contribution in [1.82, 2.24) is 0 Å². The van der Waals surface area contributed by atoms with Gasteiger partial charge in [0.1, 0.15) is 5.82 Å². The van der Waals surface area contributed by atoms with Crippen molar-refractivity contribution in [3.8, 4) is 0 Å². The van der Waals surface area contributed by atoms with E-state index in [-0.39, 0.29) is 11.7 Å². The van der Waals surface area contributed by atoms with Gasteiger partial charge in [0.2, 0.25) is 0 Å². The zero-order valence-electron chi connectivity index (χ0n) is 14.3. The van der Waals surface area contributed by atoms with E-state index in [0.29, 0.717) is 34.4 Å². The van der Waals surface area contributed by atoms with Gasteiger partial charge in [-0.05, 0) is 54.8 Å². The third-order valence-electron chi connectivity index (χ3n) is 4.74. The second-order valence-corrected chi connectivity index (χ2v) is 7.26. The summed E-state index contributed by atoms with van der Waals surface area (Å²) in [6, 6.07) is 10.1. The fourth-order valence-electron chi connectivity index (χ4n) is 3.44. The van der Waals surface area contributed by atoms with Gasteiger partial charge in [0.05, 0.1) is 17.6 Å². The first kappa shape index (κ1) is 16.7. The smallest absolute Gasteiger partial charge is 0.337 e. The number of ether oxygens (including phenoxy) is 1. The van der Waals surface area contributed by atoms with Gasteiger partial charge in [0.25, 0.3) is 5.91 Å². The molecule has 1 aliphatic rings. The highest BCUT2D eigenvalue weighted by Crippen LogP contribution is 2.36. The molecule has 1 amide bonds. The predicted octanol–water partition coefficient (Wildman–Crippen LogP) is 4.34. The standard InChI is InChI=1S/C20H16FNO3S/c1-11-17-14(21)4-3-5-16(17)26-18(11)19(23)22-9-8-12-10-13(20(24)25-2)6-7-15(12)22/h3-7,10H,8-9H2,1-2H3. The van der Waals surface area contributed by atoms with Crippen molar-refractivity contribution in [2.24, 2.45) is 0 Å². The molecule has 1 aliphatic heterocycles. The molecule has 0 aliphatic carbocycles. The van der Waals surface area contributed by atoms with E-state index >= 15 is 0 Å². The topological polar surface area (TPSA) is 46.6 Å². The van der Waals surface area contributed by atoms with E-state index in [2.05, 4.69) is 0 Å². The Hall–Kier alpha value is -2.73. The number of halogens is 1. The molecule has 0 N–H and O–H groups in total. The molecule has 3 aromatic rings. The third-order valence-corrected chi connectivity index (χ3v) is 5.98. The summed E-state index contributed by atoms with van der Waals surface area (Å²) in [6.45, 7) is 2.32. The molecule has 0 spiro atoms. The summed E-state index contributed by atoms with van der Waals surface area (Å²) in [5, 5.41) is 0.515. The number of carbonyl (C=O) groups excluding carboxylic acids is 2.